The van der Waals surface area contributed by atoms with Crippen LogP contribution in [0.2, 0.25) is 0 Å². The number of amides is 1. The van der Waals surface area contributed by atoms with Gasteiger partial charge in [0.2, 0.25) is 0 Å². The van der Waals surface area contributed by atoms with Crippen LogP contribution in [0.3, 0.4) is 0 Å². The zero-order chi connectivity index (χ0) is 13.9. The number of carbonyl (C=O) groups excluding carboxylic acids is 1. The number of nitrogens with one attached hydrogen (secondary N) is 2. The van der Waals surface area contributed by atoms with E-state index in [1.54, 1.807) is 11.3 Å². The molecule has 0 aliphatic heterocycles. The number of hydrogen-bond acceptors (Lipinski definition) is 3. The molecule has 0 aromatic carbocycles. The lowest BCUT2D eigenvalue weighted by atomic mass is 9.99. The van der Waals surface area contributed by atoms with Gasteiger partial charge in [-0.25, -0.2) is 0 Å². The molecular formula is C15H19N3OS. The van der Waals surface area contributed by atoms with Gasteiger partial charge in [-0.2, -0.15) is 5.10 Å². The number of hydrogen-bond donors (Lipinski definition) is 2. The molecule has 1 amide bonds. The maximum Gasteiger partial charge on any atom is 0.266 e. The summed E-state index contributed by atoms with van der Waals surface area (Å²) in [5.74, 6) is 0.573. The molecule has 5 heteroatoms. The molecule has 2 aromatic rings. The summed E-state index contributed by atoms with van der Waals surface area (Å²) in [6.45, 7) is 2.12. The van der Waals surface area contributed by atoms with Gasteiger partial charge in [-0.3, -0.25) is 9.89 Å². The van der Waals surface area contributed by atoms with Crippen molar-refractivity contribution >= 4 is 23.1 Å². The summed E-state index contributed by atoms with van der Waals surface area (Å²) in [5.41, 5.74) is 2.42. The molecule has 0 bridgehead atoms. The predicted molar refractivity (Wildman–Crippen MR) is 81.5 cm³/mol. The van der Waals surface area contributed by atoms with Crippen molar-refractivity contribution in [3.63, 3.8) is 0 Å². The zero-order valence-corrected chi connectivity index (χ0v) is 12.5. The third-order valence-electron chi connectivity index (χ3n) is 3.61. The Hall–Kier alpha value is -1.62. The van der Waals surface area contributed by atoms with Crippen LogP contribution in [0.15, 0.2) is 12.1 Å². The van der Waals surface area contributed by atoms with Crippen molar-refractivity contribution in [1.82, 2.24) is 10.2 Å². The molecule has 20 heavy (non-hydrogen) atoms. The van der Waals surface area contributed by atoms with Crippen molar-refractivity contribution in [2.24, 2.45) is 0 Å². The van der Waals surface area contributed by atoms with Crippen LogP contribution in [0.5, 0.6) is 0 Å². The van der Waals surface area contributed by atoms with Gasteiger partial charge in [0.1, 0.15) is 0 Å². The summed E-state index contributed by atoms with van der Waals surface area (Å²) >= 11 is 1.63. The zero-order valence-electron chi connectivity index (χ0n) is 11.7. The molecule has 3 rings (SSSR count). The van der Waals surface area contributed by atoms with Crippen LogP contribution >= 0.6 is 11.3 Å². The second-order valence-corrected chi connectivity index (χ2v) is 6.39. The Bertz CT molecular complexity index is 591. The molecule has 0 saturated heterocycles. The van der Waals surface area contributed by atoms with Crippen LogP contribution in [-0.2, 0) is 19.3 Å². The van der Waals surface area contributed by atoms with Crippen LogP contribution in [0, 0.1) is 0 Å². The van der Waals surface area contributed by atoms with E-state index in [2.05, 4.69) is 22.4 Å². The quantitative estimate of drug-likeness (QED) is 0.904. The van der Waals surface area contributed by atoms with Crippen LogP contribution in [-0.4, -0.2) is 16.1 Å². The highest BCUT2D eigenvalue weighted by Gasteiger charge is 2.17. The predicted octanol–water partition coefficient (Wildman–Crippen LogP) is 3.55. The van der Waals surface area contributed by atoms with E-state index in [-0.39, 0.29) is 5.91 Å². The summed E-state index contributed by atoms with van der Waals surface area (Å²) in [5, 5.41) is 9.96. The third kappa shape index (κ3) is 2.77. The number of rotatable bonds is 4. The number of carbonyl (C=O) groups is 1. The number of anilines is 1. The Morgan fingerprint density at radius 1 is 1.40 bits per heavy atom. The van der Waals surface area contributed by atoms with Crippen molar-refractivity contribution < 1.29 is 4.79 Å². The highest BCUT2D eigenvalue weighted by molar-refractivity contribution is 7.14. The lowest BCUT2D eigenvalue weighted by molar-refractivity contribution is 0.103. The Balaban J connectivity index is 1.70. The summed E-state index contributed by atoms with van der Waals surface area (Å²) in [6.07, 6.45) is 6.74. The fourth-order valence-corrected chi connectivity index (χ4v) is 3.75. The van der Waals surface area contributed by atoms with Crippen molar-refractivity contribution in [2.75, 3.05) is 5.32 Å². The van der Waals surface area contributed by atoms with Gasteiger partial charge in [0.05, 0.1) is 4.88 Å². The van der Waals surface area contributed by atoms with E-state index in [1.807, 2.05) is 12.1 Å². The van der Waals surface area contributed by atoms with Crippen LogP contribution in [0.25, 0.3) is 0 Å². The number of nitrogens with zero attached hydrogens (tertiary/aromatic N) is 1. The van der Waals surface area contributed by atoms with Gasteiger partial charge in [0.15, 0.2) is 5.82 Å². The second kappa shape index (κ2) is 5.79. The molecule has 0 atom stereocenters. The van der Waals surface area contributed by atoms with E-state index in [0.29, 0.717) is 5.82 Å². The largest absolute Gasteiger partial charge is 0.304 e. The van der Waals surface area contributed by atoms with Crippen LogP contribution in [0.4, 0.5) is 5.82 Å². The van der Waals surface area contributed by atoms with Crippen LogP contribution in [0.1, 0.15) is 52.0 Å². The minimum atomic E-state index is -0.0426. The van der Waals surface area contributed by atoms with E-state index in [4.69, 9.17) is 0 Å². The molecule has 2 N–H and O–H groups in total. The summed E-state index contributed by atoms with van der Waals surface area (Å²) in [4.78, 5) is 14.4. The molecule has 2 aromatic heterocycles. The third-order valence-corrected chi connectivity index (χ3v) is 4.85. The lowest BCUT2D eigenvalue weighted by Gasteiger charge is -2.08. The van der Waals surface area contributed by atoms with Gasteiger partial charge < -0.3 is 5.32 Å². The van der Waals surface area contributed by atoms with Crippen molar-refractivity contribution in [3.05, 3.63) is 33.1 Å². The fraction of sp³-hybridized carbons (Fsp3) is 0.467. The summed E-state index contributed by atoms with van der Waals surface area (Å²) in [6, 6.07) is 3.96. The highest BCUT2D eigenvalue weighted by atomic mass is 32.1. The maximum absolute atomic E-state index is 12.2. The lowest BCUT2D eigenvalue weighted by Crippen LogP contribution is -2.10. The number of fused-ring (bicyclic) bond motifs is 1. The Morgan fingerprint density at radius 3 is 3.05 bits per heavy atom. The normalized spacial score (nSPS) is 14.1. The average molecular weight is 289 g/mol. The Labute approximate surface area is 122 Å². The molecule has 2 heterocycles. The van der Waals surface area contributed by atoms with Gasteiger partial charge in [-0.1, -0.05) is 13.3 Å². The SMILES string of the molecule is CCCc1cc(NC(=O)c2cc3c(s2)CCCC3)n[nH]1. The maximum atomic E-state index is 12.2. The van der Waals surface area contributed by atoms with Crippen molar-refractivity contribution in [2.45, 2.75) is 45.4 Å². The molecule has 0 saturated carbocycles. The fourth-order valence-electron chi connectivity index (χ4n) is 2.60. The first-order chi connectivity index (χ1) is 9.76. The smallest absolute Gasteiger partial charge is 0.266 e. The summed E-state index contributed by atoms with van der Waals surface area (Å²) < 4.78 is 0. The second-order valence-electron chi connectivity index (χ2n) is 5.25. The van der Waals surface area contributed by atoms with Gasteiger partial charge in [0, 0.05) is 16.6 Å². The molecule has 0 fully saturated rings. The monoisotopic (exact) mass is 289 g/mol. The molecular weight excluding hydrogens is 270 g/mol. The number of aromatic amines is 1. The van der Waals surface area contributed by atoms with E-state index in [1.165, 1.54) is 23.3 Å². The number of aromatic nitrogens is 2. The number of H-pyrrole nitrogens is 1. The topological polar surface area (TPSA) is 57.8 Å². The molecule has 0 unspecified atom stereocenters. The molecule has 0 spiro atoms. The first-order valence-corrected chi connectivity index (χ1v) is 8.05. The highest BCUT2D eigenvalue weighted by Crippen LogP contribution is 2.30. The van der Waals surface area contributed by atoms with Gasteiger partial charge >= 0.3 is 0 Å². The Morgan fingerprint density at radius 2 is 2.25 bits per heavy atom. The van der Waals surface area contributed by atoms with E-state index >= 15 is 0 Å². The van der Waals surface area contributed by atoms with E-state index in [9.17, 15) is 4.79 Å². The average Bonchev–Trinajstić information content (AvgIpc) is 3.05. The minimum absolute atomic E-state index is 0.0426. The molecule has 1 aliphatic carbocycles. The minimum Gasteiger partial charge on any atom is -0.304 e. The Kier molecular flexibility index (Phi) is 3.87. The van der Waals surface area contributed by atoms with Crippen LogP contribution < -0.4 is 5.32 Å². The van der Waals surface area contributed by atoms with Crippen molar-refractivity contribution in [3.8, 4) is 0 Å². The number of thiophene rings is 1. The molecule has 0 radical (unpaired) electrons. The van der Waals surface area contributed by atoms with Crippen molar-refractivity contribution in [1.29, 1.82) is 0 Å². The molecule has 1 aliphatic rings. The number of aryl methyl sites for hydroxylation is 3. The van der Waals surface area contributed by atoms with Gasteiger partial charge in [-0.15, -0.1) is 11.3 Å². The molecule has 106 valence electrons. The van der Waals surface area contributed by atoms with E-state index in [0.717, 1.165) is 36.3 Å². The first-order valence-electron chi connectivity index (χ1n) is 7.23. The van der Waals surface area contributed by atoms with Gasteiger partial charge in [-0.05, 0) is 43.7 Å². The van der Waals surface area contributed by atoms with E-state index < -0.39 is 0 Å². The summed E-state index contributed by atoms with van der Waals surface area (Å²) in [7, 11) is 0. The standard InChI is InChI=1S/C15H19N3OS/c1-2-5-11-9-14(18-17-11)16-15(19)13-8-10-6-3-4-7-12(10)20-13/h8-9H,2-7H2,1H3,(H2,16,17,18,19). The molecule has 4 nitrogen and oxygen atoms in total. The first kappa shape index (κ1) is 13.4. The van der Waals surface area contributed by atoms with Gasteiger partial charge in [0.25, 0.3) is 5.91 Å².